The number of thiazole rings is 1. The van der Waals surface area contributed by atoms with E-state index in [-0.39, 0.29) is 24.0 Å². The summed E-state index contributed by atoms with van der Waals surface area (Å²) in [5, 5.41) is 2.95. The van der Waals surface area contributed by atoms with Crippen molar-refractivity contribution in [3.8, 4) is 5.75 Å². The van der Waals surface area contributed by atoms with E-state index in [0.717, 1.165) is 11.3 Å². The Balaban J connectivity index is 1.26. The van der Waals surface area contributed by atoms with Gasteiger partial charge in [-0.25, -0.2) is 9.69 Å². The zero-order valence-electron chi connectivity index (χ0n) is 23.1. The molecule has 3 heterocycles. The maximum absolute atomic E-state index is 14.0. The minimum atomic E-state index is -0.821. The van der Waals surface area contributed by atoms with Gasteiger partial charge in [0.2, 0.25) is 11.8 Å². The summed E-state index contributed by atoms with van der Waals surface area (Å²) >= 11 is 8.20. The molecule has 0 bridgehead atoms. The highest BCUT2D eigenvalue weighted by Crippen LogP contribution is 2.54. The highest BCUT2D eigenvalue weighted by atomic mass is 35.5. The van der Waals surface area contributed by atoms with E-state index in [0.29, 0.717) is 43.2 Å². The van der Waals surface area contributed by atoms with E-state index >= 15 is 0 Å². The Morgan fingerprint density at radius 2 is 1.70 bits per heavy atom. The molecule has 13 heteroatoms. The van der Waals surface area contributed by atoms with Crippen LogP contribution < -0.4 is 19.8 Å². The summed E-state index contributed by atoms with van der Waals surface area (Å²) in [6, 6.07) is 19.7. The number of halogens is 1. The fourth-order valence-corrected chi connectivity index (χ4v) is 7.94. The molecule has 3 aromatic carbocycles. The summed E-state index contributed by atoms with van der Waals surface area (Å²) < 4.78 is 11.0. The van der Waals surface area contributed by atoms with Gasteiger partial charge in [-0.1, -0.05) is 52.9 Å². The topological polar surface area (TPSA) is 135 Å². The van der Waals surface area contributed by atoms with Gasteiger partial charge in [-0.15, -0.1) is 0 Å². The van der Waals surface area contributed by atoms with Gasteiger partial charge < -0.3 is 19.8 Å². The van der Waals surface area contributed by atoms with Gasteiger partial charge in [-0.3, -0.25) is 19.2 Å². The molecule has 3 unspecified atom stereocenters. The number of imide groups is 1. The number of thioether (sulfide) groups is 1. The van der Waals surface area contributed by atoms with Crippen molar-refractivity contribution in [3.63, 3.8) is 0 Å². The predicted octanol–water partition coefficient (Wildman–Crippen LogP) is 5.08. The van der Waals surface area contributed by atoms with Crippen LogP contribution in [0.5, 0.6) is 5.75 Å². The van der Waals surface area contributed by atoms with Crippen LogP contribution >= 0.6 is 34.7 Å². The number of anilines is 2. The standard InChI is InChI=1S/C31H24ClN3O7S2/c1-2-41-30(39)16-7-11-18(12-8-16)33-22(36)15-42-21-6-4-3-5-20(21)23-24-26(43-27-25(23)44-31(40)34-27)29(38)35(28(24)37)19-13-9-17(32)10-14-19/h3-14,23-24,26H,2,15H2,1H3,(H,33,36)(H,34,40). The number of aromatic amines is 1. The van der Waals surface area contributed by atoms with Crippen molar-refractivity contribution in [2.45, 2.75) is 23.1 Å². The minimum absolute atomic E-state index is 0.256. The zero-order valence-corrected chi connectivity index (χ0v) is 25.5. The summed E-state index contributed by atoms with van der Waals surface area (Å²) in [6.45, 7) is 1.62. The first-order valence-corrected chi connectivity index (χ1v) is 15.6. The number of aromatic nitrogens is 1. The molecule has 4 aromatic rings. The van der Waals surface area contributed by atoms with E-state index in [1.54, 1.807) is 79.7 Å². The van der Waals surface area contributed by atoms with E-state index < -0.39 is 34.9 Å². The summed E-state index contributed by atoms with van der Waals surface area (Å²) in [7, 11) is 0. The second-order valence-corrected chi connectivity index (χ2v) is 12.5. The Bertz CT molecular complexity index is 1820. The Labute approximate surface area is 264 Å². The Hall–Kier alpha value is -4.39. The Kier molecular flexibility index (Phi) is 8.30. The first-order chi connectivity index (χ1) is 21.2. The van der Waals surface area contributed by atoms with Crippen LogP contribution in [0.1, 0.15) is 33.6 Å². The fourth-order valence-electron chi connectivity index (χ4n) is 5.31. The molecule has 224 valence electrons. The normalized spacial score (nSPS) is 18.9. The van der Waals surface area contributed by atoms with Gasteiger partial charge in [0, 0.05) is 27.1 Å². The number of hydrogen-bond donors (Lipinski definition) is 2. The first kappa shape index (κ1) is 29.7. The molecule has 44 heavy (non-hydrogen) atoms. The van der Waals surface area contributed by atoms with Crippen LogP contribution in [0, 0.1) is 5.92 Å². The molecule has 0 spiro atoms. The van der Waals surface area contributed by atoms with Crippen LogP contribution in [0.4, 0.5) is 11.4 Å². The molecule has 1 fully saturated rings. The molecule has 0 saturated carbocycles. The van der Waals surface area contributed by atoms with E-state index in [4.69, 9.17) is 21.1 Å². The van der Waals surface area contributed by atoms with Gasteiger partial charge in [0.25, 0.3) is 5.91 Å². The number of carbonyl (C=O) groups is 4. The monoisotopic (exact) mass is 649 g/mol. The number of ether oxygens (including phenoxy) is 2. The lowest BCUT2D eigenvalue weighted by atomic mass is 9.82. The number of fused-ring (bicyclic) bond motifs is 2. The second kappa shape index (κ2) is 12.3. The van der Waals surface area contributed by atoms with Crippen LogP contribution in [0.2, 0.25) is 5.02 Å². The number of hydrogen-bond acceptors (Lipinski definition) is 9. The van der Waals surface area contributed by atoms with Gasteiger partial charge in [-0.2, -0.15) is 0 Å². The molecular weight excluding hydrogens is 626 g/mol. The highest BCUT2D eigenvalue weighted by Gasteiger charge is 2.56. The lowest BCUT2D eigenvalue weighted by molar-refractivity contribution is -0.122. The number of nitrogens with zero attached hydrogens (tertiary/aromatic N) is 1. The number of rotatable bonds is 8. The van der Waals surface area contributed by atoms with Crippen molar-refractivity contribution in [2.75, 3.05) is 23.4 Å². The largest absolute Gasteiger partial charge is 0.483 e. The summed E-state index contributed by atoms with van der Waals surface area (Å²) in [6.07, 6.45) is 0. The zero-order chi connectivity index (χ0) is 31.0. The molecule has 1 aromatic heterocycles. The van der Waals surface area contributed by atoms with Crippen molar-refractivity contribution in [1.29, 1.82) is 0 Å². The van der Waals surface area contributed by atoms with E-state index in [1.165, 1.54) is 16.7 Å². The first-order valence-electron chi connectivity index (χ1n) is 13.6. The molecule has 0 radical (unpaired) electrons. The van der Waals surface area contributed by atoms with Gasteiger partial charge in [0.05, 0.1) is 28.8 Å². The SMILES string of the molecule is CCOC(=O)c1ccc(NC(=O)COc2ccccc2C2c3sc(=O)[nH]c3SC3C(=O)N(c4ccc(Cl)cc4)C(=O)C32)cc1. The number of nitrogens with one attached hydrogen (secondary N) is 2. The van der Waals surface area contributed by atoms with Gasteiger partial charge >= 0.3 is 10.8 Å². The van der Waals surface area contributed by atoms with Crippen LogP contribution in [0.25, 0.3) is 0 Å². The summed E-state index contributed by atoms with van der Waals surface area (Å²) in [5.41, 5.74) is 1.81. The molecular formula is C31H24ClN3O7S2. The smallest absolute Gasteiger partial charge is 0.338 e. The molecule has 2 aliphatic rings. The fraction of sp³-hybridized carbons (Fsp3) is 0.194. The quantitative estimate of drug-likeness (QED) is 0.199. The van der Waals surface area contributed by atoms with E-state index in [1.807, 2.05) is 0 Å². The third-order valence-corrected chi connectivity index (χ3v) is 9.85. The van der Waals surface area contributed by atoms with Crippen LogP contribution in [0.3, 0.4) is 0 Å². The van der Waals surface area contributed by atoms with Gasteiger partial charge in [0.15, 0.2) is 6.61 Å². The molecule has 2 N–H and O–H groups in total. The average Bonchev–Trinajstić information content (AvgIpc) is 3.51. The number of carbonyl (C=O) groups excluding carboxylic acids is 4. The van der Waals surface area contributed by atoms with Crippen molar-refractivity contribution in [1.82, 2.24) is 4.98 Å². The highest BCUT2D eigenvalue weighted by molar-refractivity contribution is 8.00. The van der Waals surface area contributed by atoms with E-state index in [9.17, 15) is 24.0 Å². The predicted molar refractivity (Wildman–Crippen MR) is 167 cm³/mol. The number of benzene rings is 3. The number of amides is 3. The second-order valence-electron chi connectivity index (χ2n) is 9.91. The molecule has 3 amide bonds. The van der Waals surface area contributed by atoms with Crippen LogP contribution in [0.15, 0.2) is 82.6 Å². The third kappa shape index (κ3) is 5.63. The molecule has 2 aliphatic heterocycles. The van der Waals surface area contributed by atoms with Gasteiger partial charge in [0.1, 0.15) is 11.0 Å². The number of para-hydroxylation sites is 1. The van der Waals surface area contributed by atoms with Crippen molar-refractivity contribution in [2.24, 2.45) is 5.92 Å². The maximum Gasteiger partial charge on any atom is 0.338 e. The van der Waals surface area contributed by atoms with Crippen LogP contribution in [-0.2, 0) is 19.1 Å². The maximum atomic E-state index is 14.0. The van der Waals surface area contributed by atoms with Crippen molar-refractivity contribution >= 4 is 69.8 Å². The van der Waals surface area contributed by atoms with E-state index in [2.05, 4.69) is 10.3 Å². The average molecular weight is 650 g/mol. The number of H-pyrrole nitrogens is 1. The lowest BCUT2D eigenvalue weighted by Gasteiger charge is -2.30. The molecule has 3 atom stereocenters. The molecule has 10 nitrogen and oxygen atoms in total. The Morgan fingerprint density at radius 1 is 0.977 bits per heavy atom. The third-order valence-electron chi connectivity index (χ3n) is 7.20. The van der Waals surface area contributed by atoms with Crippen molar-refractivity contribution in [3.05, 3.63) is 103 Å². The van der Waals surface area contributed by atoms with Gasteiger partial charge in [-0.05, 0) is 61.5 Å². The van der Waals surface area contributed by atoms with Crippen LogP contribution in [-0.4, -0.2) is 47.1 Å². The molecule has 6 rings (SSSR count). The number of esters is 1. The summed E-state index contributed by atoms with van der Waals surface area (Å²) in [4.78, 5) is 69.1. The molecule has 1 saturated heterocycles. The minimum Gasteiger partial charge on any atom is -0.483 e. The molecule has 0 aliphatic carbocycles. The van der Waals surface area contributed by atoms with Crippen molar-refractivity contribution < 1.29 is 28.7 Å². The Morgan fingerprint density at radius 3 is 2.43 bits per heavy atom. The lowest BCUT2D eigenvalue weighted by Crippen LogP contribution is -2.32. The summed E-state index contributed by atoms with van der Waals surface area (Å²) in [5.74, 6) is -2.85.